The number of nitrogens with one attached hydrogen (secondary N) is 2. The van der Waals surface area contributed by atoms with E-state index < -0.39 is 4.92 Å². The lowest BCUT2D eigenvalue weighted by Gasteiger charge is -2.16. The van der Waals surface area contributed by atoms with E-state index >= 15 is 0 Å². The topological polar surface area (TPSA) is 102 Å². The molecule has 30 heavy (non-hydrogen) atoms. The average molecular weight is 407 g/mol. The highest BCUT2D eigenvalue weighted by Gasteiger charge is 2.24. The number of nitro groups is 1. The Kier molecular flexibility index (Phi) is 7.15. The molecule has 1 heterocycles. The molecule has 1 atom stereocenters. The van der Waals surface area contributed by atoms with Crippen molar-refractivity contribution in [1.82, 2.24) is 9.97 Å². The van der Waals surface area contributed by atoms with Crippen molar-refractivity contribution in [1.29, 1.82) is 0 Å². The average Bonchev–Trinajstić information content (AvgIpc) is 2.75. The Morgan fingerprint density at radius 1 is 1.07 bits per heavy atom. The second-order valence-corrected chi connectivity index (χ2v) is 6.80. The molecule has 2 N–H and O–H groups in total. The predicted molar refractivity (Wildman–Crippen MR) is 117 cm³/mol. The first-order valence-electron chi connectivity index (χ1n) is 9.89. The van der Waals surface area contributed by atoms with Crippen molar-refractivity contribution in [2.75, 3.05) is 17.2 Å². The number of hydrogen-bond donors (Lipinski definition) is 2. The van der Waals surface area contributed by atoms with Gasteiger partial charge in [-0.3, -0.25) is 10.1 Å². The number of ether oxygens (including phenoxy) is 1. The molecule has 3 aromatic rings. The zero-order valence-corrected chi connectivity index (χ0v) is 17.0. The van der Waals surface area contributed by atoms with Gasteiger partial charge in [0.2, 0.25) is 11.6 Å². The van der Waals surface area contributed by atoms with E-state index in [-0.39, 0.29) is 23.4 Å². The van der Waals surface area contributed by atoms with Gasteiger partial charge >= 0.3 is 5.69 Å². The van der Waals surface area contributed by atoms with Gasteiger partial charge in [0.25, 0.3) is 0 Å². The molecule has 0 aliphatic carbocycles. The number of rotatable bonds is 10. The quantitative estimate of drug-likeness (QED) is 0.261. The van der Waals surface area contributed by atoms with Crippen molar-refractivity contribution in [3.8, 4) is 5.75 Å². The first kappa shape index (κ1) is 21.0. The molecule has 3 rings (SSSR count). The molecule has 1 aromatic heterocycles. The van der Waals surface area contributed by atoms with E-state index in [9.17, 15) is 10.1 Å². The fourth-order valence-electron chi connectivity index (χ4n) is 2.88. The molecule has 0 radical (unpaired) electrons. The molecule has 0 bridgehead atoms. The molecule has 0 saturated heterocycles. The van der Waals surface area contributed by atoms with Crippen LogP contribution < -0.4 is 15.4 Å². The molecule has 0 spiro atoms. The van der Waals surface area contributed by atoms with Crippen molar-refractivity contribution in [2.24, 2.45) is 0 Å². The Labute approximate surface area is 175 Å². The SMILES string of the molecule is CCCCOc1ccc(Nc2ncnc(NC(C)c3ccccc3)c2[N+](=O)[O-])cc1. The first-order valence-corrected chi connectivity index (χ1v) is 9.89. The van der Waals surface area contributed by atoms with E-state index in [1.807, 2.05) is 49.4 Å². The maximum atomic E-state index is 11.8. The second-order valence-electron chi connectivity index (χ2n) is 6.80. The molecular weight excluding hydrogens is 382 g/mol. The molecule has 0 aliphatic heterocycles. The fraction of sp³-hybridized carbons (Fsp3) is 0.273. The number of unbranched alkanes of at least 4 members (excludes halogenated alkanes) is 1. The lowest BCUT2D eigenvalue weighted by molar-refractivity contribution is -0.383. The lowest BCUT2D eigenvalue weighted by Crippen LogP contribution is -2.11. The van der Waals surface area contributed by atoms with Gasteiger partial charge in [0.05, 0.1) is 17.6 Å². The zero-order valence-electron chi connectivity index (χ0n) is 17.0. The van der Waals surface area contributed by atoms with Gasteiger partial charge in [0, 0.05) is 5.69 Å². The maximum Gasteiger partial charge on any atom is 0.353 e. The molecule has 0 saturated carbocycles. The minimum absolute atomic E-state index is 0.123. The van der Waals surface area contributed by atoms with Crippen LogP contribution in [-0.2, 0) is 0 Å². The van der Waals surface area contributed by atoms with Crippen LogP contribution in [0.15, 0.2) is 60.9 Å². The Bertz CT molecular complexity index is 964. The highest BCUT2D eigenvalue weighted by Crippen LogP contribution is 2.33. The summed E-state index contributed by atoms with van der Waals surface area (Å²) in [5.74, 6) is 1.04. The summed E-state index contributed by atoms with van der Waals surface area (Å²) in [6.07, 6.45) is 3.36. The summed E-state index contributed by atoms with van der Waals surface area (Å²) in [5.41, 5.74) is 1.46. The van der Waals surface area contributed by atoms with E-state index in [1.54, 1.807) is 12.1 Å². The molecule has 0 fully saturated rings. The predicted octanol–water partition coefficient (Wildman–Crippen LogP) is 5.48. The number of hydrogen-bond acceptors (Lipinski definition) is 7. The van der Waals surface area contributed by atoms with Crippen LogP contribution in [0.1, 0.15) is 38.3 Å². The molecule has 0 aliphatic rings. The Morgan fingerprint density at radius 3 is 2.43 bits per heavy atom. The maximum absolute atomic E-state index is 11.8. The van der Waals surface area contributed by atoms with Crippen LogP contribution in [-0.4, -0.2) is 21.5 Å². The van der Waals surface area contributed by atoms with E-state index in [2.05, 4.69) is 27.5 Å². The van der Waals surface area contributed by atoms with Crippen LogP contribution in [0.25, 0.3) is 0 Å². The Hall–Kier alpha value is -3.68. The van der Waals surface area contributed by atoms with E-state index in [4.69, 9.17) is 4.74 Å². The summed E-state index contributed by atoms with van der Waals surface area (Å²) >= 11 is 0. The minimum atomic E-state index is -0.482. The van der Waals surface area contributed by atoms with Gasteiger partial charge in [0.1, 0.15) is 12.1 Å². The third kappa shape index (κ3) is 5.44. The normalized spacial score (nSPS) is 11.5. The second kappa shape index (κ2) is 10.2. The van der Waals surface area contributed by atoms with Gasteiger partial charge in [-0.1, -0.05) is 43.7 Å². The fourth-order valence-corrected chi connectivity index (χ4v) is 2.88. The molecular formula is C22H25N5O3. The lowest BCUT2D eigenvalue weighted by atomic mass is 10.1. The Balaban J connectivity index is 1.78. The van der Waals surface area contributed by atoms with E-state index in [0.717, 1.165) is 24.2 Å². The highest BCUT2D eigenvalue weighted by molar-refractivity contribution is 5.74. The van der Waals surface area contributed by atoms with Gasteiger partial charge in [0.15, 0.2) is 0 Å². The van der Waals surface area contributed by atoms with Crippen molar-refractivity contribution >= 4 is 23.0 Å². The molecule has 156 valence electrons. The van der Waals surface area contributed by atoms with Crippen LogP contribution in [0.2, 0.25) is 0 Å². The summed E-state index contributed by atoms with van der Waals surface area (Å²) in [7, 11) is 0. The van der Waals surface area contributed by atoms with Gasteiger partial charge in [-0.2, -0.15) is 0 Å². The van der Waals surface area contributed by atoms with Crippen molar-refractivity contribution in [3.63, 3.8) is 0 Å². The largest absolute Gasteiger partial charge is 0.494 e. The van der Waals surface area contributed by atoms with Gasteiger partial charge < -0.3 is 15.4 Å². The van der Waals surface area contributed by atoms with Crippen LogP contribution >= 0.6 is 0 Å². The first-order chi connectivity index (χ1) is 14.6. The van der Waals surface area contributed by atoms with Gasteiger partial charge in [-0.25, -0.2) is 9.97 Å². The highest BCUT2D eigenvalue weighted by atomic mass is 16.6. The van der Waals surface area contributed by atoms with E-state index in [1.165, 1.54) is 6.33 Å². The number of aromatic nitrogens is 2. The zero-order chi connectivity index (χ0) is 21.3. The van der Waals surface area contributed by atoms with Gasteiger partial charge in [-0.05, 0) is 43.2 Å². The minimum Gasteiger partial charge on any atom is -0.494 e. The number of benzene rings is 2. The molecule has 2 aromatic carbocycles. The van der Waals surface area contributed by atoms with Crippen molar-refractivity contribution in [3.05, 3.63) is 76.6 Å². The number of anilines is 3. The van der Waals surface area contributed by atoms with Gasteiger partial charge in [-0.15, -0.1) is 0 Å². The van der Waals surface area contributed by atoms with Crippen molar-refractivity contribution < 1.29 is 9.66 Å². The molecule has 8 nitrogen and oxygen atoms in total. The summed E-state index contributed by atoms with van der Waals surface area (Å²) < 4.78 is 5.65. The summed E-state index contributed by atoms with van der Waals surface area (Å²) in [4.78, 5) is 19.5. The monoisotopic (exact) mass is 407 g/mol. The molecule has 8 heteroatoms. The van der Waals surface area contributed by atoms with Crippen LogP contribution in [0.3, 0.4) is 0 Å². The Morgan fingerprint density at radius 2 is 1.77 bits per heavy atom. The van der Waals surface area contributed by atoms with E-state index in [0.29, 0.717) is 12.3 Å². The number of nitrogens with zero attached hydrogens (tertiary/aromatic N) is 3. The summed E-state index contributed by atoms with van der Waals surface area (Å²) in [6, 6.07) is 16.7. The third-order valence-corrected chi connectivity index (χ3v) is 4.54. The summed E-state index contributed by atoms with van der Waals surface area (Å²) in [6.45, 7) is 4.69. The van der Waals surface area contributed by atoms with Crippen LogP contribution in [0, 0.1) is 10.1 Å². The summed E-state index contributed by atoms with van der Waals surface area (Å²) in [5, 5.41) is 17.9. The third-order valence-electron chi connectivity index (χ3n) is 4.54. The smallest absolute Gasteiger partial charge is 0.353 e. The van der Waals surface area contributed by atoms with Crippen molar-refractivity contribution in [2.45, 2.75) is 32.7 Å². The van der Waals surface area contributed by atoms with Crippen LogP contribution in [0.4, 0.5) is 23.0 Å². The van der Waals surface area contributed by atoms with Crippen LogP contribution in [0.5, 0.6) is 5.75 Å². The molecule has 1 unspecified atom stereocenters. The standard InChI is InChI=1S/C22H25N5O3/c1-3-4-14-30-19-12-10-18(11-13-19)26-22-20(27(28)29)21(23-15-24-22)25-16(2)17-8-6-5-7-9-17/h5-13,15-16H,3-4,14H2,1-2H3,(H2,23,24,25,26). The molecule has 0 amide bonds.